The molecule has 0 aliphatic carbocycles. The van der Waals surface area contributed by atoms with Gasteiger partial charge in [0, 0.05) is 31.2 Å². The van der Waals surface area contributed by atoms with Crippen LogP contribution >= 0.6 is 0 Å². The van der Waals surface area contributed by atoms with Crippen molar-refractivity contribution in [2.24, 2.45) is 5.14 Å². The third-order valence-electron chi connectivity index (χ3n) is 3.63. The van der Waals surface area contributed by atoms with Crippen LogP contribution in [0.2, 0.25) is 0 Å². The van der Waals surface area contributed by atoms with E-state index in [4.69, 9.17) is 5.14 Å². The van der Waals surface area contributed by atoms with Crippen LogP contribution in [0.5, 0.6) is 0 Å². The Hall–Kier alpha value is -1.86. The van der Waals surface area contributed by atoms with E-state index in [1.54, 1.807) is 4.90 Å². The number of sulfonamides is 1. The van der Waals surface area contributed by atoms with Gasteiger partial charge in [-0.05, 0) is 29.1 Å². The van der Waals surface area contributed by atoms with E-state index in [9.17, 15) is 13.2 Å². The van der Waals surface area contributed by atoms with Gasteiger partial charge in [0.25, 0.3) is 0 Å². The number of nitrogens with zero attached hydrogens (tertiary/aromatic N) is 1. The van der Waals surface area contributed by atoms with Crippen molar-refractivity contribution in [2.45, 2.75) is 18.2 Å². The van der Waals surface area contributed by atoms with Crippen LogP contribution in [-0.2, 0) is 21.4 Å². The van der Waals surface area contributed by atoms with Crippen molar-refractivity contribution in [1.82, 2.24) is 9.88 Å². The molecule has 1 unspecified atom stereocenters. The second-order valence-electron chi connectivity index (χ2n) is 5.09. The van der Waals surface area contributed by atoms with E-state index in [1.807, 2.05) is 30.5 Å². The van der Waals surface area contributed by atoms with E-state index in [0.717, 1.165) is 16.5 Å². The summed E-state index contributed by atoms with van der Waals surface area (Å²) in [5, 5.41) is 5.39. The number of amides is 1. The Morgan fingerprint density at radius 3 is 2.85 bits per heavy atom. The maximum Gasteiger partial charge on any atom is 0.224 e. The first-order chi connectivity index (χ1) is 9.43. The lowest BCUT2D eigenvalue weighted by atomic mass is 10.1. The molecule has 1 aliphatic heterocycles. The zero-order valence-corrected chi connectivity index (χ0v) is 11.6. The van der Waals surface area contributed by atoms with E-state index >= 15 is 0 Å². The first kappa shape index (κ1) is 13.1. The van der Waals surface area contributed by atoms with Gasteiger partial charge in [0.15, 0.2) is 0 Å². The highest BCUT2D eigenvalue weighted by molar-refractivity contribution is 7.89. The third-order valence-corrected chi connectivity index (χ3v) is 4.88. The third kappa shape index (κ3) is 2.41. The Labute approximate surface area is 116 Å². The average molecular weight is 293 g/mol. The molecule has 3 rings (SSSR count). The van der Waals surface area contributed by atoms with Crippen molar-refractivity contribution in [3.05, 3.63) is 36.0 Å². The molecule has 2 aromatic rings. The van der Waals surface area contributed by atoms with E-state index in [2.05, 4.69) is 4.98 Å². The summed E-state index contributed by atoms with van der Waals surface area (Å²) in [6, 6.07) is 7.82. The van der Waals surface area contributed by atoms with Gasteiger partial charge < -0.3 is 9.88 Å². The Morgan fingerprint density at radius 2 is 2.15 bits per heavy atom. The molecule has 106 valence electrons. The Morgan fingerprint density at radius 1 is 1.35 bits per heavy atom. The molecule has 0 bridgehead atoms. The average Bonchev–Trinajstić information content (AvgIpc) is 2.95. The van der Waals surface area contributed by atoms with Crippen molar-refractivity contribution >= 4 is 26.8 Å². The number of carbonyl (C=O) groups excluding carboxylic acids is 1. The van der Waals surface area contributed by atoms with Crippen molar-refractivity contribution in [3.63, 3.8) is 0 Å². The van der Waals surface area contributed by atoms with Gasteiger partial charge in [0.1, 0.15) is 5.25 Å². The van der Waals surface area contributed by atoms with E-state index in [0.29, 0.717) is 6.54 Å². The summed E-state index contributed by atoms with van der Waals surface area (Å²) in [4.78, 5) is 16.5. The van der Waals surface area contributed by atoms with Crippen molar-refractivity contribution < 1.29 is 13.2 Å². The molecule has 1 amide bonds. The molecule has 3 N–H and O–H groups in total. The highest BCUT2D eigenvalue weighted by Crippen LogP contribution is 2.21. The van der Waals surface area contributed by atoms with Gasteiger partial charge in [0.2, 0.25) is 15.9 Å². The predicted molar refractivity (Wildman–Crippen MR) is 75.2 cm³/mol. The molecule has 0 spiro atoms. The van der Waals surface area contributed by atoms with E-state index < -0.39 is 15.3 Å². The zero-order chi connectivity index (χ0) is 14.3. The number of nitrogens with one attached hydrogen (secondary N) is 1. The Balaban J connectivity index is 1.79. The lowest BCUT2D eigenvalue weighted by molar-refractivity contribution is -0.128. The monoisotopic (exact) mass is 293 g/mol. The molecule has 1 aromatic heterocycles. The summed E-state index contributed by atoms with van der Waals surface area (Å²) in [6.07, 6.45) is 1.83. The Bertz CT molecular complexity index is 766. The first-order valence-corrected chi connectivity index (χ1v) is 7.90. The lowest BCUT2D eigenvalue weighted by Gasteiger charge is -2.16. The molecule has 0 saturated carbocycles. The summed E-state index contributed by atoms with van der Waals surface area (Å²) in [5.74, 6) is -0.168. The number of aromatic amines is 1. The number of rotatable bonds is 3. The molecular formula is C13H15N3O3S. The molecule has 7 heteroatoms. The van der Waals surface area contributed by atoms with Crippen LogP contribution in [0.25, 0.3) is 10.9 Å². The smallest absolute Gasteiger partial charge is 0.224 e. The molecule has 1 aliphatic rings. The summed E-state index contributed by atoms with van der Waals surface area (Å²) >= 11 is 0. The summed E-state index contributed by atoms with van der Waals surface area (Å²) in [6.45, 7) is 0.578. The van der Waals surface area contributed by atoms with Gasteiger partial charge in [-0.25, -0.2) is 13.6 Å². The van der Waals surface area contributed by atoms with Gasteiger partial charge in [-0.1, -0.05) is 6.07 Å². The van der Waals surface area contributed by atoms with Crippen LogP contribution in [0.4, 0.5) is 0 Å². The van der Waals surface area contributed by atoms with Gasteiger partial charge in [-0.3, -0.25) is 4.79 Å². The maximum absolute atomic E-state index is 11.8. The van der Waals surface area contributed by atoms with Crippen molar-refractivity contribution in [1.29, 1.82) is 0 Å². The number of nitrogens with two attached hydrogens (primary N) is 1. The molecule has 0 radical (unpaired) electrons. The summed E-state index contributed by atoms with van der Waals surface area (Å²) in [5.41, 5.74) is 2.00. The Kier molecular flexibility index (Phi) is 3.02. The highest BCUT2D eigenvalue weighted by atomic mass is 32.2. The second kappa shape index (κ2) is 4.60. The molecule has 1 aromatic carbocycles. The number of aromatic nitrogens is 1. The number of hydrogen-bond donors (Lipinski definition) is 2. The molecule has 1 fully saturated rings. The standard InChI is InChI=1S/C13H15N3O3S/c14-20(18,19)11-6-13(17)16(8-11)7-9-1-2-12-10(5-9)3-4-15-12/h1-5,11,15H,6-8H2,(H2,14,18,19). The van der Waals surface area contributed by atoms with E-state index in [1.165, 1.54) is 0 Å². The summed E-state index contributed by atoms with van der Waals surface area (Å²) in [7, 11) is -3.65. The quantitative estimate of drug-likeness (QED) is 0.865. The number of H-pyrrole nitrogens is 1. The van der Waals surface area contributed by atoms with Gasteiger partial charge in [0.05, 0.1) is 0 Å². The van der Waals surface area contributed by atoms with Crippen molar-refractivity contribution in [3.8, 4) is 0 Å². The van der Waals surface area contributed by atoms with Gasteiger partial charge in [-0.2, -0.15) is 0 Å². The SMILES string of the molecule is NS(=O)(=O)C1CC(=O)N(Cc2ccc3[nH]ccc3c2)C1. The minimum atomic E-state index is -3.65. The number of primary sulfonamides is 1. The molecule has 2 heterocycles. The maximum atomic E-state index is 11.8. The largest absolute Gasteiger partial charge is 0.361 e. The number of hydrogen-bond acceptors (Lipinski definition) is 3. The fourth-order valence-corrected chi connectivity index (χ4v) is 3.29. The highest BCUT2D eigenvalue weighted by Gasteiger charge is 2.36. The predicted octanol–water partition coefficient (Wildman–Crippen LogP) is 0.557. The van der Waals surface area contributed by atoms with Gasteiger partial charge >= 0.3 is 0 Å². The molecule has 1 saturated heterocycles. The minimum Gasteiger partial charge on any atom is -0.361 e. The number of carbonyl (C=O) groups is 1. The number of likely N-dealkylation sites (tertiary alicyclic amines) is 1. The van der Waals surface area contributed by atoms with E-state index in [-0.39, 0.29) is 18.9 Å². The van der Waals surface area contributed by atoms with Crippen molar-refractivity contribution in [2.75, 3.05) is 6.54 Å². The van der Waals surface area contributed by atoms with Crippen LogP contribution in [0.3, 0.4) is 0 Å². The number of fused-ring (bicyclic) bond motifs is 1. The number of benzene rings is 1. The molecule has 6 nitrogen and oxygen atoms in total. The van der Waals surface area contributed by atoms with Crippen LogP contribution in [0, 0.1) is 0 Å². The fraction of sp³-hybridized carbons (Fsp3) is 0.308. The van der Waals surface area contributed by atoms with Crippen LogP contribution < -0.4 is 5.14 Å². The topological polar surface area (TPSA) is 96.3 Å². The second-order valence-corrected chi connectivity index (χ2v) is 6.93. The fourth-order valence-electron chi connectivity index (χ4n) is 2.53. The summed E-state index contributed by atoms with van der Waals surface area (Å²) < 4.78 is 22.6. The minimum absolute atomic E-state index is 0.0226. The molecule has 1 atom stereocenters. The molecular weight excluding hydrogens is 278 g/mol. The first-order valence-electron chi connectivity index (χ1n) is 6.29. The molecule has 20 heavy (non-hydrogen) atoms. The van der Waals surface area contributed by atoms with Gasteiger partial charge in [-0.15, -0.1) is 0 Å². The van der Waals surface area contributed by atoms with Crippen LogP contribution in [0.15, 0.2) is 30.5 Å². The van der Waals surface area contributed by atoms with Crippen LogP contribution in [-0.4, -0.2) is 36.0 Å². The zero-order valence-electron chi connectivity index (χ0n) is 10.7. The lowest BCUT2D eigenvalue weighted by Crippen LogP contribution is -2.31. The van der Waals surface area contributed by atoms with Crippen LogP contribution in [0.1, 0.15) is 12.0 Å². The normalized spacial score (nSPS) is 19.9.